The third-order valence-electron chi connectivity index (χ3n) is 3.80. The van der Waals surface area contributed by atoms with Gasteiger partial charge in [0, 0.05) is 12.3 Å². The Morgan fingerprint density at radius 3 is 2.89 bits per heavy atom. The molecule has 0 aliphatic carbocycles. The molecule has 0 saturated carbocycles. The fourth-order valence-corrected chi connectivity index (χ4v) is 2.57. The van der Waals surface area contributed by atoms with E-state index in [1.54, 1.807) is 0 Å². The zero-order valence-electron chi connectivity index (χ0n) is 10.7. The summed E-state index contributed by atoms with van der Waals surface area (Å²) in [6.07, 6.45) is 4.49. The number of rotatable bonds is 3. The SMILES string of the molecule is C=C[C@]1(CC)O[C@@H](n2ccc(=O)[nH]c2=O)C[C@@H]1C. The lowest BCUT2D eigenvalue weighted by atomic mass is 9.86. The van der Waals surface area contributed by atoms with Crippen LogP contribution in [-0.4, -0.2) is 15.2 Å². The van der Waals surface area contributed by atoms with E-state index in [0.717, 1.165) is 12.8 Å². The number of nitrogens with zero attached hydrogens (tertiary/aromatic N) is 1. The average molecular weight is 250 g/mol. The lowest BCUT2D eigenvalue weighted by Gasteiger charge is -2.28. The van der Waals surface area contributed by atoms with Gasteiger partial charge in [-0.25, -0.2) is 4.79 Å². The highest BCUT2D eigenvalue weighted by Crippen LogP contribution is 2.43. The van der Waals surface area contributed by atoms with Gasteiger partial charge in [0.2, 0.25) is 0 Å². The summed E-state index contributed by atoms with van der Waals surface area (Å²) in [6.45, 7) is 7.95. The average Bonchev–Trinajstić information content (AvgIpc) is 2.67. The monoisotopic (exact) mass is 250 g/mol. The van der Waals surface area contributed by atoms with Crippen LogP contribution in [0.15, 0.2) is 34.5 Å². The van der Waals surface area contributed by atoms with Crippen LogP contribution in [-0.2, 0) is 4.74 Å². The van der Waals surface area contributed by atoms with Crippen LogP contribution >= 0.6 is 0 Å². The van der Waals surface area contributed by atoms with Crippen molar-refractivity contribution in [1.82, 2.24) is 9.55 Å². The van der Waals surface area contributed by atoms with Crippen LogP contribution < -0.4 is 11.2 Å². The van der Waals surface area contributed by atoms with Gasteiger partial charge in [-0.1, -0.05) is 19.9 Å². The number of aromatic nitrogens is 2. The molecule has 2 rings (SSSR count). The minimum atomic E-state index is -0.435. The van der Waals surface area contributed by atoms with E-state index in [-0.39, 0.29) is 17.7 Å². The molecule has 1 aliphatic rings. The van der Waals surface area contributed by atoms with Crippen molar-refractivity contribution in [3.05, 3.63) is 45.8 Å². The second kappa shape index (κ2) is 4.57. The lowest BCUT2D eigenvalue weighted by Crippen LogP contribution is -2.34. The molecule has 0 spiro atoms. The normalized spacial score (nSPS) is 31.4. The fraction of sp³-hybridized carbons (Fsp3) is 0.538. The molecular formula is C13H18N2O3. The molecule has 1 N–H and O–H groups in total. The standard InChI is InChI=1S/C13H18N2O3/c1-4-13(5-2)9(3)8-11(18-13)15-7-6-10(16)14-12(15)17/h4,6-7,9,11H,1,5,8H2,2-3H3,(H,14,16,17)/t9-,11+,13+/m0/s1. The van der Waals surface area contributed by atoms with Crippen molar-refractivity contribution in [3.8, 4) is 0 Å². The lowest BCUT2D eigenvalue weighted by molar-refractivity contribution is -0.0560. The van der Waals surface area contributed by atoms with Crippen molar-refractivity contribution in [3.63, 3.8) is 0 Å². The van der Waals surface area contributed by atoms with Gasteiger partial charge >= 0.3 is 5.69 Å². The summed E-state index contributed by atoms with van der Waals surface area (Å²) in [5.41, 5.74) is -1.22. The number of H-pyrrole nitrogens is 1. The summed E-state index contributed by atoms with van der Waals surface area (Å²) in [4.78, 5) is 25.0. The van der Waals surface area contributed by atoms with E-state index in [1.807, 2.05) is 13.0 Å². The topological polar surface area (TPSA) is 64.1 Å². The van der Waals surface area contributed by atoms with E-state index in [2.05, 4.69) is 18.5 Å². The Morgan fingerprint density at radius 1 is 1.67 bits per heavy atom. The Hall–Kier alpha value is -1.62. The minimum absolute atomic E-state index is 0.281. The zero-order chi connectivity index (χ0) is 13.3. The second-order valence-electron chi connectivity index (χ2n) is 4.74. The molecule has 98 valence electrons. The summed E-state index contributed by atoms with van der Waals surface area (Å²) >= 11 is 0. The van der Waals surface area contributed by atoms with Crippen molar-refractivity contribution < 1.29 is 4.74 Å². The third kappa shape index (κ3) is 1.95. The van der Waals surface area contributed by atoms with Crippen molar-refractivity contribution in [2.75, 3.05) is 0 Å². The Morgan fingerprint density at radius 2 is 2.39 bits per heavy atom. The molecule has 0 radical (unpaired) electrons. The van der Waals surface area contributed by atoms with E-state index < -0.39 is 11.2 Å². The Labute approximate surface area is 105 Å². The van der Waals surface area contributed by atoms with E-state index in [0.29, 0.717) is 0 Å². The molecule has 1 aromatic heterocycles. The maximum Gasteiger partial charge on any atom is 0.330 e. The molecule has 3 atom stereocenters. The van der Waals surface area contributed by atoms with E-state index >= 15 is 0 Å². The minimum Gasteiger partial charge on any atom is -0.347 e. The van der Waals surface area contributed by atoms with Crippen LogP contribution in [0.2, 0.25) is 0 Å². The number of nitrogens with one attached hydrogen (secondary N) is 1. The molecule has 5 nitrogen and oxygen atoms in total. The van der Waals surface area contributed by atoms with Crippen LogP contribution in [0.3, 0.4) is 0 Å². The first-order valence-corrected chi connectivity index (χ1v) is 6.15. The summed E-state index contributed by atoms with van der Waals surface area (Å²) in [5, 5.41) is 0. The zero-order valence-corrected chi connectivity index (χ0v) is 10.7. The number of aromatic amines is 1. The molecule has 0 amide bonds. The molecule has 0 unspecified atom stereocenters. The van der Waals surface area contributed by atoms with Gasteiger partial charge in [0.05, 0.1) is 5.60 Å². The molecule has 1 saturated heterocycles. The Bertz CT molecular complexity index is 560. The molecule has 2 heterocycles. The van der Waals surface area contributed by atoms with Crippen molar-refractivity contribution in [1.29, 1.82) is 0 Å². The molecule has 0 bridgehead atoms. The predicted octanol–water partition coefficient (Wildman–Crippen LogP) is 1.43. The third-order valence-corrected chi connectivity index (χ3v) is 3.80. The predicted molar refractivity (Wildman–Crippen MR) is 68.4 cm³/mol. The molecule has 5 heteroatoms. The molecular weight excluding hydrogens is 232 g/mol. The number of hydrogen-bond acceptors (Lipinski definition) is 3. The van der Waals surface area contributed by atoms with Gasteiger partial charge in [0.1, 0.15) is 6.23 Å². The van der Waals surface area contributed by atoms with Gasteiger partial charge in [0.25, 0.3) is 5.56 Å². The molecule has 1 fully saturated rings. The molecule has 18 heavy (non-hydrogen) atoms. The van der Waals surface area contributed by atoms with Crippen molar-refractivity contribution >= 4 is 0 Å². The van der Waals surface area contributed by atoms with E-state index in [9.17, 15) is 9.59 Å². The van der Waals surface area contributed by atoms with Gasteiger partial charge in [0.15, 0.2) is 0 Å². The van der Waals surface area contributed by atoms with Crippen molar-refractivity contribution in [2.24, 2.45) is 5.92 Å². The summed E-state index contributed by atoms with van der Waals surface area (Å²) in [5.74, 6) is 0.281. The summed E-state index contributed by atoms with van der Waals surface area (Å²) < 4.78 is 7.42. The first-order chi connectivity index (χ1) is 8.52. The fourth-order valence-electron chi connectivity index (χ4n) is 2.57. The summed E-state index contributed by atoms with van der Waals surface area (Å²) in [7, 11) is 0. The second-order valence-corrected chi connectivity index (χ2v) is 4.74. The highest BCUT2D eigenvalue weighted by Gasteiger charge is 2.43. The van der Waals surface area contributed by atoms with Crippen LogP contribution in [0, 0.1) is 5.92 Å². The number of ether oxygens (including phenoxy) is 1. The molecule has 1 aliphatic heterocycles. The Balaban J connectivity index is 2.35. The van der Waals surface area contributed by atoms with Gasteiger partial charge in [-0.15, -0.1) is 6.58 Å². The maximum atomic E-state index is 11.7. The van der Waals surface area contributed by atoms with Crippen LogP contribution in [0.5, 0.6) is 0 Å². The molecule has 1 aromatic rings. The number of hydrogen-bond donors (Lipinski definition) is 1. The van der Waals surface area contributed by atoms with Gasteiger partial charge in [-0.05, 0) is 18.8 Å². The quantitative estimate of drug-likeness (QED) is 0.825. The van der Waals surface area contributed by atoms with Gasteiger partial charge in [-0.3, -0.25) is 14.3 Å². The van der Waals surface area contributed by atoms with E-state index in [1.165, 1.54) is 16.8 Å². The van der Waals surface area contributed by atoms with Gasteiger partial charge in [-0.2, -0.15) is 0 Å². The first-order valence-electron chi connectivity index (χ1n) is 6.15. The largest absolute Gasteiger partial charge is 0.347 e. The Kier molecular flexibility index (Phi) is 3.26. The van der Waals surface area contributed by atoms with Crippen LogP contribution in [0.25, 0.3) is 0 Å². The van der Waals surface area contributed by atoms with Crippen LogP contribution in [0.1, 0.15) is 32.9 Å². The smallest absolute Gasteiger partial charge is 0.330 e. The maximum absolute atomic E-state index is 11.7. The van der Waals surface area contributed by atoms with E-state index in [4.69, 9.17) is 4.74 Å². The highest BCUT2D eigenvalue weighted by atomic mass is 16.5. The molecule has 0 aromatic carbocycles. The first kappa shape index (κ1) is 12.8. The van der Waals surface area contributed by atoms with Crippen LogP contribution in [0.4, 0.5) is 0 Å². The van der Waals surface area contributed by atoms with Crippen molar-refractivity contribution in [2.45, 2.75) is 38.5 Å². The van der Waals surface area contributed by atoms with Gasteiger partial charge < -0.3 is 4.74 Å². The highest BCUT2D eigenvalue weighted by molar-refractivity contribution is 5.04. The summed E-state index contributed by atoms with van der Waals surface area (Å²) in [6, 6.07) is 1.33.